The molecule has 0 bridgehead atoms. The van der Waals surface area contributed by atoms with E-state index in [-0.39, 0.29) is 5.97 Å². The lowest BCUT2D eigenvalue weighted by Gasteiger charge is -2.28. The fraction of sp³-hybridized carbons (Fsp3) is 0.929. The molecule has 3 nitrogen and oxygen atoms in total. The van der Waals surface area contributed by atoms with Gasteiger partial charge in [0, 0.05) is 6.04 Å². The molecule has 0 aromatic carbocycles. The minimum atomic E-state index is -0.481. The Balaban J connectivity index is 2.25. The van der Waals surface area contributed by atoms with E-state index in [1.807, 2.05) is 18.7 Å². The second kappa shape index (κ2) is 8.05. The molecular weight excluding hydrogens is 246 g/mol. The number of ether oxygens (including phenoxy) is 1. The molecule has 1 aliphatic rings. The summed E-state index contributed by atoms with van der Waals surface area (Å²) in [6, 6.07) is 0.531. The molecule has 0 spiro atoms. The molecule has 4 heteroatoms. The quantitative estimate of drug-likeness (QED) is 0.490. The molecule has 0 aromatic rings. The van der Waals surface area contributed by atoms with Crippen molar-refractivity contribution in [3.8, 4) is 0 Å². The van der Waals surface area contributed by atoms with Gasteiger partial charge in [0.05, 0.1) is 7.11 Å². The zero-order valence-electron chi connectivity index (χ0n) is 12.0. The standard InChI is InChI=1S/C14H27NO2S/c1-4-10-18-11-6-5-9-14(2,13(16)17-3)15-12-7-8-12/h12,15H,4-11H2,1-3H3. The number of carbonyl (C=O) groups is 1. The van der Waals surface area contributed by atoms with E-state index < -0.39 is 5.54 Å². The summed E-state index contributed by atoms with van der Waals surface area (Å²) in [4.78, 5) is 11.9. The number of nitrogens with one attached hydrogen (secondary N) is 1. The molecule has 1 rings (SSSR count). The van der Waals surface area contributed by atoms with Gasteiger partial charge in [0.1, 0.15) is 5.54 Å². The van der Waals surface area contributed by atoms with Crippen LogP contribution in [0.15, 0.2) is 0 Å². The summed E-state index contributed by atoms with van der Waals surface area (Å²) in [6.45, 7) is 4.19. The van der Waals surface area contributed by atoms with Crippen LogP contribution >= 0.6 is 11.8 Å². The number of rotatable bonds is 10. The zero-order chi connectivity index (χ0) is 13.4. The van der Waals surface area contributed by atoms with Crippen molar-refractivity contribution in [2.24, 2.45) is 0 Å². The molecule has 1 unspecified atom stereocenters. The Kier molecular flexibility index (Phi) is 7.08. The molecule has 0 aliphatic heterocycles. The van der Waals surface area contributed by atoms with E-state index in [9.17, 15) is 4.79 Å². The molecule has 0 aromatic heterocycles. The first-order chi connectivity index (χ1) is 8.62. The molecule has 1 atom stereocenters. The Bertz CT molecular complexity index is 256. The van der Waals surface area contributed by atoms with Gasteiger partial charge in [-0.15, -0.1) is 0 Å². The highest BCUT2D eigenvalue weighted by molar-refractivity contribution is 7.99. The Morgan fingerprint density at radius 3 is 2.67 bits per heavy atom. The Morgan fingerprint density at radius 1 is 1.39 bits per heavy atom. The van der Waals surface area contributed by atoms with Crippen LogP contribution in [0.2, 0.25) is 0 Å². The predicted octanol–water partition coefficient (Wildman–Crippen LogP) is 2.98. The molecule has 1 N–H and O–H groups in total. The molecular formula is C14H27NO2S. The van der Waals surface area contributed by atoms with E-state index in [0.29, 0.717) is 6.04 Å². The smallest absolute Gasteiger partial charge is 0.325 e. The van der Waals surface area contributed by atoms with Crippen molar-refractivity contribution in [2.75, 3.05) is 18.6 Å². The fourth-order valence-electron chi connectivity index (χ4n) is 2.07. The topological polar surface area (TPSA) is 38.3 Å². The van der Waals surface area contributed by atoms with Crippen LogP contribution in [0.25, 0.3) is 0 Å². The summed E-state index contributed by atoms with van der Waals surface area (Å²) < 4.78 is 4.93. The molecule has 0 saturated heterocycles. The zero-order valence-corrected chi connectivity index (χ0v) is 12.8. The third kappa shape index (κ3) is 5.61. The minimum absolute atomic E-state index is 0.115. The van der Waals surface area contributed by atoms with Gasteiger partial charge >= 0.3 is 5.97 Å². The molecule has 18 heavy (non-hydrogen) atoms. The number of unbranched alkanes of at least 4 members (excludes halogenated alkanes) is 1. The van der Waals surface area contributed by atoms with Crippen molar-refractivity contribution in [3.05, 3.63) is 0 Å². The van der Waals surface area contributed by atoms with Gasteiger partial charge in [-0.1, -0.05) is 13.3 Å². The number of thioether (sulfide) groups is 1. The van der Waals surface area contributed by atoms with E-state index in [1.165, 1.54) is 44.3 Å². The van der Waals surface area contributed by atoms with Gasteiger partial charge in [-0.05, 0) is 50.5 Å². The average molecular weight is 273 g/mol. The highest BCUT2D eigenvalue weighted by atomic mass is 32.2. The second-order valence-electron chi connectivity index (χ2n) is 5.31. The molecule has 0 radical (unpaired) electrons. The van der Waals surface area contributed by atoms with Gasteiger partial charge in [-0.3, -0.25) is 10.1 Å². The first kappa shape index (κ1) is 15.8. The van der Waals surface area contributed by atoms with Gasteiger partial charge in [-0.2, -0.15) is 11.8 Å². The van der Waals surface area contributed by atoms with Crippen LogP contribution in [0.1, 0.15) is 52.4 Å². The van der Waals surface area contributed by atoms with Gasteiger partial charge < -0.3 is 4.74 Å². The lowest BCUT2D eigenvalue weighted by molar-refractivity contribution is -0.148. The predicted molar refractivity (Wildman–Crippen MR) is 78.0 cm³/mol. The molecule has 0 heterocycles. The Morgan fingerprint density at radius 2 is 2.11 bits per heavy atom. The normalized spacial score (nSPS) is 18.4. The van der Waals surface area contributed by atoms with Gasteiger partial charge in [0.2, 0.25) is 0 Å². The highest BCUT2D eigenvalue weighted by Crippen LogP contribution is 2.26. The Labute approximate surface area is 115 Å². The maximum atomic E-state index is 11.9. The van der Waals surface area contributed by atoms with Crippen molar-refractivity contribution in [1.82, 2.24) is 5.32 Å². The van der Waals surface area contributed by atoms with Crippen molar-refractivity contribution >= 4 is 17.7 Å². The maximum absolute atomic E-state index is 11.9. The van der Waals surface area contributed by atoms with Crippen LogP contribution in [0.3, 0.4) is 0 Å². The van der Waals surface area contributed by atoms with E-state index in [2.05, 4.69) is 12.2 Å². The lowest BCUT2D eigenvalue weighted by Crippen LogP contribution is -2.51. The third-order valence-electron chi connectivity index (χ3n) is 3.30. The van der Waals surface area contributed by atoms with Crippen molar-refractivity contribution in [2.45, 2.75) is 64.0 Å². The number of hydrogen-bond acceptors (Lipinski definition) is 4. The van der Waals surface area contributed by atoms with Crippen LogP contribution in [-0.4, -0.2) is 36.2 Å². The van der Waals surface area contributed by atoms with Crippen LogP contribution in [0.4, 0.5) is 0 Å². The van der Waals surface area contributed by atoms with Crippen LogP contribution in [0.5, 0.6) is 0 Å². The summed E-state index contributed by atoms with van der Waals surface area (Å²) in [6.07, 6.45) is 6.78. The Hall–Kier alpha value is -0.220. The summed E-state index contributed by atoms with van der Waals surface area (Å²) in [5, 5.41) is 3.44. The summed E-state index contributed by atoms with van der Waals surface area (Å²) in [5.74, 6) is 2.33. The van der Waals surface area contributed by atoms with Gasteiger partial charge in [0.15, 0.2) is 0 Å². The largest absolute Gasteiger partial charge is 0.468 e. The second-order valence-corrected chi connectivity index (χ2v) is 6.54. The number of hydrogen-bond donors (Lipinski definition) is 1. The van der Waals surface area contributed by atoms with E-state index in [0.717, 1.165) is 12.8 Å². The lowest BCUT2D eigenvalue weighted by atomic mass is 9.95. The monoisotopic (exact) mass is 273 g/mol. The SMILES string of the molecule is CCCSCCCCC(C)(NC1CC1)C(=O)OC. The number of esters is 1. The molecule has 1 fully saturated rings. The van der Waals surface area contributed by atoms with Gasteiger partial charge in [0.25, 0.3) is 0 Å². The van der Waals surface area contributed by atoms with Gasteiger partial charge in [-0.25, -0.2) is 0 Å². The molecule has 1 aliphatic carbocycles. The minimum Gasteiger partial charge on any atom is -0.468 e. The molecule has 0 amide bonds. The van der Waals surface area contributed by atoms with Crippen molar-refractivity contribution < 1.29 is 9.53 Å². The van der Waals surface area contributed by atoms with E-state index >= 15 is 0 Å². The van der Waals surface area contributed by atoms with Crippen LogP contribution in [-0.2, 0) is 9.53 Å². The highest BCUT2D eigenvalue weighted by Gasteiger charge is 2.38. The first-order valence-corrected chi connectivity index (χ1v) is 8.21. The third-order valence-corrected chi connectivity index (χ3v) is 4.57. The maximum Gasteiger partial charge on any atom is 0.325 e. The van der Waals surface area contributed by atoms with Crippen molar-refractivity contribution in [3.63, 3.8) is 0 Å². The summed E-state index contributed by atoms with van der Waals surface area (Å²) in [7, 11) is 1.48. The van der Waals surface area contributed by atoms with Crippen molar-refractivity contribution in [1.29, 1.82) is 0 Å². The summed E-state index contributed by atoms with van der Waals surface area (Å²) in [5.41, 5.74) is -0.481. The number of carbonyl (C=O) groups excluding carboxylic acids is 1. The van der Waals surface area contributed by atoms with E-state index in [4.69, 9.17) is 4.74 Å². The van der Waals surface area contributed by atoms with E-state index in [1.54, 1.807) is 0 Å². The molecule has 106 valence electrons. The average Bonchev–Trinajstić information content (AvgIpc) is 3.16. The first-order valence-electron chi connectivity index (χ1n) is 7.06. The number of methoxy groups -OCH3 is 1. The summed E-state index contributed by atoms with van der Waals surface area (Å²) >= 11 is 2.01. The fourth-order valence-corrected chi connectivity index (χ4v) is 2.97. The van der Waals surface area contributed by atoms with Crippen LogP contribution in [0, 0.1) is 0 Å². The molecule has 1 saturated carbocycles. The van der Waals surface area contributed by atoms with Crippen LogP contribution < -0.4 is 5.32 Å².